The van der Waals surface area contributed by atoms with Crippen LogP contribution in [-0.2, 0) is 14.6 Å². The van der Waals surface area contributed by atoms with Crippen LogP contribution in [-0.4, -0.2) is 38.5 Å². The highest BCUT2D eigenvalue weighted by Gasteiger charge is 2.24. The highest BCUT2D eigenvalue weighted by molar-refractivity contribution is 7.91. The fourth-order valence-electron chi connectivity index (χ4n) is 2.29. The summed E-state index contributed by atoms with van der Waals surface area (Å²) in [5.41, 5.74) is 1.31. The molecule has 6 heteroatoms. The van der Waals surface area contributed by atoms with Crippen molar-refractivity contribution in [3.8, 4) is 0 Å². The van der Waals surface area contributed by atoms with Gasteiger partial charge in [0.05, 0.1) is 23.7 Å². The molecule has 20 heavy (non-hydrogen) atoms. The number of rotatable bonds is 4. The molecule has 0 spiro atoms. The number of carbonyl (C=O) groups is 1. The summed E-state index contributed by atoms with van der Waals surface area (Å²) in [6.45, 7) is 2.11. The van der Waals surface area contributed by atoms with Crippen LogP contribution in [0.3, 0.4) is 0 Å². The van der Waals surface area contributed by atoms with Gasteiger partial charge in [-0.25, -0.2) is 13.2 Å². The fourth-order valence-corrected chi connectivity index (χ4v) is 3.93. The maximum Gasteiger partial charge on any atom is 0.338 e. The summed E-state index contributed by atoms with van der Waals surface area (Å²) in [5, 5.41) is 3.20. The van der Waals surface area contributed by atoms with Gasteiger partial charge in [-0.1, -0.05) is 0 Å². The first-order valence-corrected chi connectivity index (χ1v) is 8.56. The molecule has 1 saturated heterocycles. The molecule has 1 fully saturated rings. The molecule has 2 rings (SSSR count). The van der Waals surface area contributed by atoms with Gasteiger partial charge < -0.3 is 10.1 Å². The zero-order chi connectivity index (χ0) is 14.6. The van der Waals surface area contributed by atoms with Crippen LogP contribution in [0.2, 0.25) is 0 Å². The first kappa shape index (κ1) is 14.8. The Morgan fingerprint density at radius 1 is 1.35 bits per heavy atom. The number of carbonyl (C=O) groups excluding carboxylic acids is 1. The quantitative estimate of drug-likeness (QED) is 0.859. The molecule has 0 bridgehead atoms. The minimum atomic E-state index is -2.92. The van der Waals surface area contributed by atoms with Crippen LogP contribution in [0.15, 0.2) is 24.3 Å². The summed E-state index contributed by atoms with van der Waals surface area (Å²) in [7, 11) is -2.92. The average Bonchev–Trinajstić information content (AvgIpc) is 2.38. The first-order valence-electron chi connectivity index (χ1n) is 6.74. The summed E-state index contributed by atoms with van der Waals surface area (Å²) >= 11 is 0. The van der Waals surface area contributed by atoms with Crippen molar-refractivity contribution in [2.45, 2.75) is 25.8 Å². The fraction of sp³-hybridized carbons (Fsp3) is 0.500. The lowest BCUT2D eigenvalue weighted by Crippen LogP contribution is -2.34. The van der Waals surface area contributed by atoms with Crippen LogP contribution in [0.5, 0.6) is 0 Å². The molecule has 5 nitrogen and oxygen atoms in total. The SMILES string of the molecule is CCOC(=O)c1ccc(NC2CCCS(=O)(=O)C2)cc1. The van der Waals surface area contributed by atoms with Crippen LogP contribution in [0, 0.1) is 0 Å². The zero-order valence-electron chi connectivity index (χ0n) is 11.5. The number of nitrogens with one attached hydrogen (secondary N) is 1. The number of hydrogen-bond acceptors (Lipinski definition) is 5. The van der Waals surface area contributed by atoms with Crippen LogP contribution in [0.4, 0.5) is 5.69 Å². The van der Waals surface area contributed by atoms with Gasteiger partial charge in [0.25, 0.3) is 0 Å². The Morgan fingerprint density at radius 3 is 2.65 bits per heavy atom. The Morgan fingerprint density at radius 2 is 2.05 bits per heavy atom. The molecule has 0 amide bonds. The lowest BCUT2D eigenvalue weighted by atomic mass is 10.1. The predicted octanol–water partition coefficient (Wildman–Crippen LogP) is 1.85. The Kier molecular flexibility index (Phi) is 4.65. The van der Waals surface area contributed by atoms with E-state index in [1.165, 1.54) is 0 Å². The molecule has 1 aliphatic heterocycles. The summed E-state index contributed by atoms with van der Waals surface area (Å²) in [6.07, 6.45) is 1.54. The van der Waals surface area contributed by atoms with E-state index in [4.69, 9.17) is 4.74 Å². The van der Waals surface area contributed by atoms with Gasteiger partial charge in [0.15, 0.2) is 9.84 Å². The van der Waals surface area contributed by atoms with Crippen LogP contribution in [0.1, 0.15) is 30.1 Å². The Bertz CT molecular complexity index is 565. The van der Waals surface area contributed by atoms with E-state index in [1.807, 2.05) is 0 Å². The van der Waals surface area contributed by atoms with Crippen molar-refractivity contribution in [1.82, 2.24) is 0 Å². The van der Waals surface area contributed by atoms with E-state index in [-0.39, 0.29) is 23.5 Å². The standard InChI is InChI=1S/C14H19NO4S/c1-2-19-14(16)11-5-7-12(8-6-11)15-13-4-3-9-20(17,18)10-13/h5-8,13,15H,2-4,9-10H2,1H3. The van der Waals surface area contributed by atoms with E-state index in [1.54, 1.807) is 31.2 Å². The van der Waals surface area contributed by atoms with E-state index in [0.29, 0.717) is 18.6 Å². The minimum Gasteiger partial charge on any atom is -0.462 e. The normalized spacial score (nSPS) is 21.1. The number of anilines is 1. The second-order valence-electron chi connectivity index (χ2n) is 4.90. The highest BCUT2D eigenvalue weighted by Crippen LogP contribution is 2.18. The smallest absolute Gasteiger partial charge is 0.338 e. The maximum atomic E-state index is 11.6. The van der Waals surface area contributed by atoms with E-state index in [9.17, 15) is 13.2 Å². The molecule has 1 N–H and O–H groups in total. The number of sulfone groups is 1. The molecule has 1 aliphatic rings. The molecular formula is C14H19NO4S. The van der Waals surface area contributed by atoms with Gasteiger partial charge in [-0.3, -0.25) is 0 Å². The third-order valence-electron chi connectivity index (χ3n) is 3.23. The average molecular weight is 297 g/mol. The van der Waals surface area contributed by atoms with Crippen molar-refractivity contribution in [3.63, 3.8) is 0 Å². The van der Waals surface area contributed by atoms with E-state index < -0.39 is 9.84 Å². The first-order chi connectivity index (χ1) is 9.50. The van der Waals surface area contributed by atoms with Crippen molar-refractivity contribution < 1.29 is 17.9 Å². The van der Waals surface area contributed by atoms with Gasteiger partial charge in [-0.2, -0.15) is 0 Å². The Balaban J connectivity index is 1.98. The molecule has 0 aromatic heterocycles. The van der Waals surface area contributed by atoms with Crippen molar-refractivity contribution in [2.24, 2.45) is 0 Å². The Hall–Kier alpha value is -1.56. The number of ether oxygens (including phenoxy) is 1. The lowest BCUT2D eigenvalue weighted by molar-refractivity contribution is 0.0526. The number of benzene rings is 1. The molecule has 1 unspecified atom stereocenters. The molecule has 110 valence electrons. The molecule has 1 atom stereocenters. The molecule has 0 saturated carbocycles. The molecule has 0 radical (unpaired) electrons. The molecule has 0 aliphatic carbocycles. The van der Waals surface area contributed by atoms with Crippen LogP contribution < -0.4 is 5.32 Å². The van der Waals surface area contributed by atoms with E-state index >= 15 is 0 Å². The van der Waals surface area contributed by atoms with Gasteiger partial charge in [0, 0.05) is 11.7 Å². The van der Waals surface area contributed by atoms with Crippen LogP contribution in [0.25, 0.3) is 0 Å². The predicted molar refractivity (Wildman–Crippen MR) is 77.7 cm³/mol. The zero-order valence-corrected chi connectivity index (χ0v) is 12.3. The van der Waals surface area contributed by atoms with Gasteiger partial charge in [0.2, 0.25) is 0 Å². The van der Waals surface area contributed by atoms with Gasteiger partial charge >= 0.3 is 5.97 Å². The summed E-state index contributed by atoms with van der Waals surface area (Å²) in [4.78, 5) is 11.5. The van der Waals surface area contributed by atoms with Crippen molar-refractivity contribution in [2.75, 3.05) is 23.4 Å². The second-order valence-corrected chi connectivity index (χ2v) is 7.12. The number of hydrogen-bond donors (Lipinski definition) is 1. The second kappa shape index (κ2) is 6.26. The van der Waals surface area contributed by atoms with Crippen molar-refractivity contribution in [1.29, 1.82) is 0 Å². The third-order valence-corrected chi connectivity index (χ3v) is 5.05. The van der Waals surface area contributed by atoms with Crippen LogP contribution >= 0.6 is 0 Å². The van der Waals surface area contributed by atoms with E-state index in [2.05, 4.69) is 5.32 Å². The molecule has 1 aromatic rings. The summed E-state index contributed by atoms with van der Waals surface area (Å²) < 4.78 is 28.0. The molecular weight excluding hydrogens is 278 g/mol. The summed E-state index contributed by atoms with van der Waals surface area (Å²) in [6, 6.07) is 6.85. The maximum absolute atomic E-state index is 11.6. The van der Waals surface area contributed by atoms with E-state index in [0.717, 1.165) is 12.1 Å². The molecule has 1 heterocycles. The largest absolute Gasteiger partial charge is 0.462 e. The minimum absolute atomic E-state index is 0.0535. The van der Waals surface area contributed by atoms with Gasteiger partial charge in [0.1, 0.15) is 0 Å². The Labute approximate surface area is 119 Å². The van der Waals surface area contributed by atoms with Gasteiger partial charge in [-0.05, 0) is 44.0 Å². The van der Waals surface area contributed by atoms with Crippen molar-refractivity contribution >= 4 is 21.5 Å². The van der Waals surface area contributed by atoms with Crippen molar-refractivity contribution in [3.05, 3.63) is 29.8 Å². The topological polar surface area (TPSA) is 72.5 Å². The third kappa shape index (κ3) is 3.96. The monoisotopic (exact) mass is 297 g/mol. The highest BCUT2D eigenvalue weighted by atomic mass is 32.2. The number of esters is 1. The lowest BCUT2D eigenvalue weighted by Gasteiger charge is -2.24. The summed E-state index contributed by atoms with van der Waals surface area (Å²) in [5.74, 6) is 0.110. The molecule has 1 aromatic carbocycles. The van der Waals surface area contributed by atoms with Gasteiger partial charge in [-0.15, -0.1) is 0 Å².